The fraction of sp³-hybridized carbons (Fsp3) is 0.800. The second-order valence-electron chi connectivity index (χ2n) is 2.10. The van der Waals surface area contributed by atoms with E-state index >= 15 is 0 Å². The van der Waals surface area contributed by atoms with Gasteiger partial charge in [0.05, 0.1) is 0 Å². The van der Waals surface area contributed by atoms with Gasteiger partial charge in [-0.2, -0.15) is 0 Å². The van der Waals surface area contributed by atoms with Crippen molar-refractivity contribution < 1.29 is 4.79 Å². The van der Waals surface area contributed by atoms with E-state index in [1.165, 1.54) is 11.9 Å². The Balaban J connectivity index is 2.48. The van der Waals surface area contributed by atoms with Crippen molar-refractivity contribution in [2.24, 2.45) is 5.73 Å². The summed E-state index contributed by atoms with van der Waals surface area (Å²) in [6.07, 6.45) is 2.40. The van der Waals surface area contributed by atoms with Gasteiger partial charge in [0, 0.05) is 25.3 Å². The first-order valence-electron chi connectivity index (χ1n) is 2.84. The van der Waals surface area contributed by atoms with Crippen molar-refractivity contribution >= 4 is 17.9 Å². The zero-order valence-electron chi connectivity index (χ0n) is 5.33. The predicted octanol–water partition coefficient (Wildman–Crippen LogP) is -0.176. The molecule has 0 saturated carbocycles. The Hall–Kier alpha value is -0.220. The molecule has 1 aliphatic heterocycles. The lowest BCUT2D eigenvalue weighted by Crippen LogP contribution is -2.22. The van der Waals surface area contributed by atoms with Gasteiger partial charge in [0.15, 0.2) is 0 Å². The quantitative estimate of drug-likeness (QED) is 0.522. The maximum absolute atomic E-state index is 10.8. The molecule has 1 saturated heterocycles. The van der Waals surface area contributed by atoms with E-state index in [1.54, 1.807) is 4.31 Å². The van der Waals surface area contributed by atoms with Crippen LogP contribution in [0.25, 0.3) is 0 Å². The molecule has 1 amide bonds. The lowest BCUT2D eigenvalue weighted by atomic mass is 10.3. The fourth-order valence-corrected chi connectivity index (χ4v) is 1.50. The van der Waals surface area contributed by atoms with Gasteiger partial charge in [0.2, 0.25) is 5.91 Å². The molecule has 0 aromatic heterocycles. The van der Waals surface area contributed by atoms with Gasteiger partial charge < -0.3 is 5.73 Å². The molecule has 3 nitrogen and oxygen atoms in total. The molecule has 52 valence electrons. The third kappa shape index (κ3) is 1.37. The Morgan fingerprint density at radius 2 is 2.56 bits per heavy atom. The first-order chi connectivity index (χ1) is 4.24. The Morgan fingerprint density at radius 3 is 2.78 bits per heavy atom. The summed E-state index contributed by atoms with van der Waals surface area (Å²) in [4.78, 5) is 10.8. The highest BCUT2D eigenvalue weighted by atomic mass is 32.2. The molecule has 4 heteroatoms. The molecule has 0 aromatic rings. The van der Waals surface area contributed by atoms with E-state index in [0.717, 1.165) is 0 Å². The zero-order chi connectivity index (χ0) is 6.85. The molecule has 2 N–H and O–H groups in total. The molecule has 1 heterocycles. The van der Waals surface area contributed by atoms with E-state index in [0.29, 0.717) is 13.0 Å². The summed E-state index contributed by atoms with van der Waals surface area (Å²) in [7, 11) is 0. The van der Waals surface area contributed by atoms with E-state index in [4.69, 9.17) is 5.73 Å². The second-order valence-corrected chi connectivity index (χ2v) is 2.91. The third-order valence-corrected chi connectivity index (χ3v) is 2.13. The van der Waals surface area contributed by atoms with E-state index in [-0.39, 0.29) is 11.9 Å². The van der Waals surface area contributed by atoms with Crippen LogP contribution in [0.4, 0.5) is 0 Å². The molecular weight excluding hydrogens is 136 g/mol. The highest BCUT2D eigenvalue weighted by molar-refractivity contribution is 7.96. The fourth-order valence-electron chi connectivity index (χ4n) is 0.882. The summed E-state index contributed by atoms with van der Waals surface area (Å²) in [5.74, 6) is 0.162. The summed E-state index contributed by atoms with van der Waals surface area (Å²) in [6, 6.07) is 0.0601. The Morgan fingerprint density at radius 1 is 1.89 bits per heavy atom. The number of carbonyl (C=O) groups excluding carboxylic acids is 1. The number of nitrogens with two attached hydrogens (primary N) is 1. The minimum Gasteiger partial charge on any atom is -0.326 e. The normalized spacial score (nSPS) is 27.6. The Bertz CT molecular complexity index is 128. The van der Waals surface area contributed by atoms with Gasteiger partial charge in [-0.15, -0.1) is 0 Å². The number of amides is 1. The van der Waals surface area contributed by atoms with Crippen LogP contribution in [0.3, 0.4) is 0 Å². The van der Waals surface area contributed by atoms with Crippen LogP contribution in [-0.2, 0) is 4.79 Å². The summed E-state index contributed by atoms with van der Waals surface area (Å²) in [5.41, 5.74) is 5.52. The van der Waals surface area contributed by atoms with Crippen molar-refractivity contribution in [1.29, 1.82) is 0 Å². The van der Waals surface area contributed by atoms with Crippen LogP contribution < -0.4 is 5.73 Å². The van der Waals surface area contributed by atoms with Gasteiger partial charge in [-0.3, -0.25) is 9.10 Å². The molecule has 1 atom stereocenters. The number of hydrogen-bond donors (Lipinski definition) is 1. The third-order valence-electron chi connectivity index (χ3n) is 1.34. The number of hydrogen-bond acceptors (Lipinski definition) is 3. The van der Waals surface area contributed by atoms with Crippen LogP contribution in [0.5, 0.6) is 0 Å². The predicted molar refractivity (Wildman–Crippen MR) is 37.8 cm³/mol. The first-order valence-corrected chi connectivity index (χ1v) is 4.02. The van der Waals surface area contributed by atoms with Crippen molar-refractivity contribution in [2.75, 3.05) is 12.8 Å². The van der Waals surface area contributed by atoms with Crippen LogP contribution >= 0.6 is 11.9 Å². The van der Waals surface area contributed by atoms with Crippen molar-refractivity contribution in [2.45, 2.75) is 12.5 Å². The zero-order valence-corrected chi connectivity index (χ0v) is 6.15. The average molecular weight is 146 g/mol. The second kappa shape index (κ2) is 2.58. The molecule has 9 heavy (non-hydrogen) atoms. The summed E-state index contributed by atoms with van der Waals surface area (Å²) < 4.78 is 1.70. The van der Waals surface area contributed by atoms with Gasteiger partial charge in [0.1, 0.15) is 0 Å². The molecule has 0 spiro atoms. The van der Waals surface area contributed by atoms with Crippen molar-refractivity contribution in [3.8, 4) is 0 Å². The number of rotatable bonds is 1. The van der Waals surface area contributed by atoms with Crippen molar-refractivity contribution in [3.05, 3.63) is 0 Å². The monoisotopic (exact) mass is 146 g/mol. The van der Waals surface area contributed by atoms with Crippen LogP contribution in [0, 0.1) is 0 Å². The minimum atomic E-state index is 0.0601. The SMILES string of the molecule is CSN1C[C@H](N)CC1=O. The highest BCUT2D eigenvalue weighted by Crippen LogP contribution is 2.15. The average Bonchev–Trinajstić information content (AvgIpc) is 2.10. The minimum absolute atomic E-state index is 0.0601. The van der Waals surface area contributed by atoms with Crippen molar-refractivity contribution in [1.82, 2.24) is 4.31 Å². The maximum atomic E-state index is 10.8. The van der Waals surface area contributed by atoms with E-state index in [1.807, 2.05) is 6.26 Å². The van der Waals surface area contributed by atoms with E-state index in [2.05, 4.69) is 0 Å². The lowest BCUT2D eigenvalue weighted by Gasteiger charge is -2.09. The number of carbonyl (C=O) groups is 1. The van der Waals surface area contributed by atoms with Gasteiger partial charge in [-0.05, 0) is 0 Å². The molecule has 1 rings (SSSR count). The van der Waals surface area contributed by atoms with Crippen molar-refractivity contribution in [3.63, 3.8) is 0 Å². The van der Waals surface area contributed by atoms with Gasteiger partial charge in [-0.1, -0.05) is 11.9 Å². The summed E-state index contributed by atoms with van der Waals surface area (Å²) in [5, 5.41) is 0. The van der Waals surface area contributed by atoms with Gasteiger partial charge >= 0.3 is 0 Å². The molecule has 0 unspecified atom stereocenters. The smallest absolute Gasteiger partial charge is 0.234 e. The van der Waals surface area contributed by atoms with E-state index in [9.17, 15) is 4.79 Å². The van der Waals surface area contributed by atoms with Crippen LogP contribution in [-0.4, -0.2) is 29.1 Å². The molecule has 1 fully saturated rings. The van der Waals surface area contributed by atoms with E-state index < -0.39 is 0 Å². The summed E-state index contributed by atoms with van der Waals surface area (Å²) in [6.45, 7) is 0.708. The largest absolute Gasteiger partial charge is 0.326 e. The molecule has 0 aromatic carbocycles. The highest BCUT2D eigenvalue weighted by Gasteiger charge is 2.25. The maximum Gasteiger partial charge on any atom is 0.234 e. The molecular formula is C5H10N2OS. The summed E-state index contributed by atoms with van der Waals surface area (Å²) >= 11 is 1.45. The number of nitrogens with zero attached hydrogens (tertiary/aromatic N) is 1. The Labute approximate surface area is 58.7 Å². The topological polar surface area (TPSA) is 46.3 Å². The standard InChI is InChI=1S/C5H10N2OS/c1-9-7-3-4(6)2-5(7)8/h4H,2-3,6H2,1H3/t4-/m1/s1. The molecule has 1 aliphatic rings. The van der Waals surface area contributed by atoms with Gasteiger partial charge in [-0.25, -0.2) is 0 Å². The first kappa shape index (κ1) is 6.89. The van der Waals surface area contributed by atoms with Crippen LogP contribution in [0.2, 0.25) is 0 Å². The van der Waals surface area contributed by atoms with Crippen LogP contribution in [0.15, 0.2) is 0 Å². The molecule has 0 aliphatic carbocycles. The molecule has 0 radical (unpaired) electrons. The van der Waals surface area contributed by atoms with Gasteiger partial charge in [0.25, 0.3) is 0 Å². The Kier molecular flexibility index (Phi) is 1.97. The molecule has 0 bridgehead atoms. The lowest BCUT2D eigenvalue weighted by molar-refractivity contribution is -0.123. The van der Waals surface area contributed by atoms with Crippen LogP contribution in [0.1, 0.15) is 6.42 Å².